The van der Waals surface area contributed by atoms with Gasteiger partial charge in [-0.1, -0.05) is 26.7 Å². The molecular formula is C14H23NO4. The van der Waals surface area contributed by atoms with Crippen LogP contribution in [0.25, 0.3) is 0 Å². The van der Waals surface area contributed by atoms with E-state index in [1.54, 1.807) is 0 Å². The van der Waals surface area contributed by atoms with Crippen molar-refractivity contribution in [2.75, 3.05) is 0 Å². The minimum absolute atomic E-state index is 0.0851. The van der Waals surface area contributed by atoms with E-state index in [2.05, 4.69) is 19.8 Å². The van der Waals surface area contributed by atoms with Crippen molar-refractivity contribution in [3.8, 4) is 12.3 Å². The predicted molar refractivity (Wildman–Crippen MR) is 74.6 cm³/mol. The van der Waals surface area contributed by atoms with E-state index in [1.165, 1.54) is 0 Å². The van der Waals surface area contributed by atoms with Crippen LogP contribution in [-0.2, 0) is 9.59 Å². The zero-order valence-electron chi connectivity index (χ0n) is 11.6. The number of hydrogen-bond acceptors (Lipinski definition) is 3. The lowest BCUT2D eigenvalue weighted by molar-refractivity contribution is -0.134. The molecule has 0 amide bonds. The molecule has 5 nitrogen and oxygen atoms in total. The van der Waals surface area contributed by atoms with Crippen molar-refractivity contribution >= 4 is 11.9 Å². The minimum Gasteiger partial charge on any atom is -0.478 e. The quantitative estimate of drug-likeness (QED) is 0.485. The van der Waals surface area contributed by atoms with Gasteiger partial charge in [0, 0.05) is 24.1 Å². The highest BCUT2D eigenvalue weighted by molar-refractivity contribution is 5.89. The van der Waals surface area contributed by atoms with E-state index < -0.39 is 11.9 Å². The first-order valence-electron chi connectivity index (χ1n) is 6.17. The molecule has 0 aliphatic heterocycles. The van der Waals surface area contributed by atoms with Crippen molar-refractivity contribution in [2.24, 2.45) is 5.73 Å². The molecule has 4 N–H and O–H groups in total. The Morgan fingerprint density at radius 1 is 1.16 bits per heavy atom. The van der Waals surface area contributed by atoms with Gasteiger partial charge in [0.1, 0.15) is 0 Å². The molecule has 0 saturated carbocycles. The molecule has 0 aromatic rings. The number of aliphatic carboxylic acids is 2. The van der Waals surface area contributed by atoms with Crippen LogP contribution in [0.15, 0.2) is 12.2 Å². The van der Waals surface area contributed by atoms with Gasteiger partial charge in [0.05, 0.1) is 0 Å². The van der Waals surface area contributed by atoms with E-state index >= 15 is 0 Å². The van der Waals surface area contributed by atoms with Gasteiger partial charge in [0.15, 0.2) is 0 Å². The number of nitrogens with two attached hydrogens (primary N) is 1. The molecule has 0 atom stereocenters. The molecule has 0 aliphatic rings. The van der Waals surface area contributed by atoms with Crippen molar-refractivity contribution in [1.29, 1.82) is 0 Å². The van der Waals surface area contributed by atoms with Gasteiger partial charge < -0.3 is 15.9 Å². The molecule has 0 rings (SSSR count). The lowest BCUT2D eigenvalue weighted by atomic mass is 9.87. The van der Waals surface area contributed by atoms with E-state index in [4.69, 9.17) is 22.4 Å². The third kappa shape index (κ3) is 14.1. The zero-order valence-corrected chi connectivity index (χ0v) is 11.6. The maximum absolute atomic E-state index is 9.55. The van der Waals surface area contributed by atoms with Crippen LogP contribution in [0, 0.1) is 12.3 Å². The predicted octanol–water partition coefficient (Wildman–Crippen LogP) is 2.02. The smallest absolute Gasteiger partial charge is 0.328 e. The van der Waals surface area contributed by atoms with Crippen molar-refractivity contribution in [3.05, 3.63) is 12.2 Å². The first-order chi connectivity index (χ1) is 8.81. The molecule has 0 bridgehead atoms. The molecule has 0 aromatic carbocycles. The molecule has 0 spiro atoms. The number of rotatable bonds is 7. The summed E-state index contributed by atoms with van der Waals surface area (Å²) in [5.41, 5.74) is 6.00. The third-order valence-electron chi connectivity index (χ3n) is 2.32. The van der Waals surface area contributed by atoms with Gasteiger partial charge in [0.2, 0.25) is 0 Å². The minimum atomic E-state index is -1.26. The van der Waals surface area contributed by atoms with Crippen molar-refractivity contribution in [2.45, 2.75) is 51.5 Å². The standard InChI is InChI=1S/C10H19N.C4H4O4/c1-4-7-10(11,8-5-2)9-6-3;5-3(6)1-2-4(7)8/h1H,5-9,11H2,2-3H3;1-2H,(H,5,6)(H,7,8)/b;2-1+. The summed E-state index contributed by atoms with van der Waals surface area (Å²) in [6.45, 7) is 4.29. The first kappa shape index (κ1) is 19.5. The largest absolute Gasteiger partial charge is 0.478 e. The normalized spacial score (nSPS) is 10.4. The number of carboxylic acids is 2. The van der Waals surface area contributed by atoms with E-state index in [0.717, 1.165) is 25.7 Å². The number of carboxylic acid groups (broad SMARTS) is 2. The Kier molecular flexibility index (Phi) is 11.6. The van der Waals surface area contributed by atoms with E-state index in [-0.39, 0.29) is 5.54 Å². The lowest BCUT2D eigenvalue weighted by Crippen LogP contribution is -2.38. The van der Waals surface area contributed by atoms with Gasteiger partial charge in [0.25, 0.3) is 0 Å². The summed E-state index contributed by atoms with van der Waals surface area (Å²) in [7, 11) is 0. The fourth-order valence-corrected chi connectivity index (χ4v) is 1.64. The fourth-order valence-electron chi connectivity index (χ4n) is 1.64. The Morgan fingerprint density at radius 3 is 1.74 bits per heavy atom. The molecule has 0 fully saturated rings. The van der Waals surface area contributed by atoms with E-state index in [1.807, 2.05) is 0 Å². The molecule has 5 heteroatoms. The maximum Gasteiger partial charge on any atom is 0.328 e. The summed E-state index contributed by atoms with van der Waals surface area (Å²) >= 11 is 0. The second-order valence-corrected chi connectivity index (χ2v) is 4.25. The van der Waals surface area contributed by atoms with Crippen molar-refractivity contribution in [1.82, 2.24) is 0 Å². The highest BCUT2D eigenvalue weighted by Gasteiger charge is 2.20. The summed E-state index contributed by atoms with van der Waals surface area (Å²) in [5.74, 6) is 0.139. The summed E-state index contributed by atoms with van der Waals surface area (Å²) in [4.78, 5) is 19.1. The zero-order chi connectivity index (χ0) is 15.3. The van der Waals surface area contributed by atoms with Crippen LogP contribution < -0.4 is 5.73 Å². The van der Waals surface area contributed by atoms with Gasteiger partial charge in [-0.3, -0.25) is 0 Å². The Morgan fingerprint density at radius 2 is 1.53 bits per heavy atom. The Hall–Kier alpha value is -1.80. The van der Waals surface area contributed by atoms with Crippen LogP contribution in [0.5, 0.6) is 0 Å². The topological polar surface area (TPSA) is 101 Å². The summed E-state index contributed by atoms with van der Waals surface area (Å²) in [6, 6.07) is 0. The van der Waals surface area contributed by atoms with Crippen LogP contribution in [-0.4, -0.2) is 27.7 Å². The molecule has 0 radical (unpaired) electrons. The summed E-state index contributed by atoms with van der Waals surface area (Å²) < 4.78 is 0. The van der Waals surface area contributed by atoms with Crippen LogP contribution in [0.2, 0.25) is 0 Å². The molecular weight excluding hydrogens is 246 g/mol. The molecule has 19 heavy (non-hydrogen) atoms. The van der Waals surface area contributed by atoms with E-state index in [9.17, 15) is 9.59 Å². The van der Waals surface area contributed by atoms with Gasteiger partial charge in [-0.25, -0.2) is 9.59 Å². The van der Waals surface area contributed by atoms with Crippen molar-refractivity contribution in [3.63, 3.8) is 0 Å². The molecule has 0 aliphatic carbocycles. The number of hydrogen-bond donors (Lipinski definition) is 3. The van der Waals surface area contributed by atoms with Gasteiger partial charge in [-0.05, 0) is 12.8 Å². The monoisotopic (exact) mass is 269 g/mol. The van der Waals surface area contributed by atoms with Crippen LogP contribution >= 0.6 is 0 Å². The number of carbonyl (C=O) groups is 2. The SMILES string of the molecule is C#CCC(N)(CCC)CCC.O=C(O)/C=C/C(=O)O. The van der Waals surface area contributed by atoms with Gasteiger partial charge in [-0.2, -0.15) is 0 Å². The second-order valence-electron chi connectivity index (χ2n) is 4.25. The molecule has 0 aromatic heterocycles. The van der Waals surface area contributed by atoms with Gasteiger partial charge >= 0.3 is 11.9 Å². The first-order valence-corrected chi connectivity index (χ1v) is 6.17. The maximum atomic E-state index is 9.55. The average Bonchev–Trinajstić information content (AvgIpc) is 2.28. The van der Waals surface area contributed by atoms with E-state index in [0.29, 0.717) is 18.6 Å². The molecule has 108 valence electrons. The summed E-state index contributed by atoms with van der Waals surface area (Å²) in [6.07, 6.45) is 11.4. The molecule has 0 heterocycles. The fraction of sp³-hybridized carbons (Fsp3) is 0.571. The highest BCUT2D eigenvalue weighted by Crippen LogP contribution is 2.19. The Labute approximate surface area is 114 Å². The lowest BCUT2D eigenvalue weighted by Gasteiger charge is -2.26. The van der Waals surface area contributed by atoms with Crippen LogP contribution in [0.3, 0.4) is 0 Å². The second kappa shape index (κ2) is 11.3. The number of terminal acetylenes is 1. The summed E-state index contributed by atoms with van der Waals surface area (Å²) in [5, 5.41) is 15.6. The third-order valence-corrected chi connectivity index (χ3v) is 2.32. The highest BCUT2D eigenvalue weighted by atomic mass is 16.4. The van der Waals surface area contributed by atoms with Crippen molar-refractivity contribution < 1.29 is 19.8 Å². The Bertz CT molecular complexity index is 320. The Balaban J connectivity index is 0. The molecule has 0 saturated heterocycles. The molecule has 0 unspecified atom stereocenters. The van der Waals surface area contributed by atoms with Gasteiger partial charge in [-0.15, -0.1) is 12.3 Å². The average molecular weight is 269 g/mol. The van der Waals surface area contributed by atoms with Crippen LogP contribution in [0.1, 0.15) is 46.0 Å². The van der Waals surface area contributed by atoms with Crippen LogP contribution in [0.4, 0.5) is 0 Å².